The first kappa shape index (κ1) is 14.3. The first-order valence-electron chi connectivity index (χ1n) is 7.52. The van der Waals surface area contributed by atoms with Gasteiger partial charge in [0.15, 0.2) is 0 Å². The van der Waals surface area contributed by atoms with Gasteiger partial charge in [0, 0.05) is 25.6 Å². The van der Waals surface area contributed by atoms with Gasteiger partial charge < -0.3 is 15.5 Å². The average Bonchev–Trinajstić information content (AvgIpc) is 2.48. The van der Waals surface area contributed by atoms with Crippen molar-refractivity contribution >= 4 is 11.8 Å². The fraction of sp³-hybridized carbons (Fsp3) is 0.857. The molecule has 2 amide bonds. The quantitative estimate of drug-likeness (QED) is 0.789. The number of nitrogens with one attached hydrogen (secondary N) is 2. The third-order valence-corrected chi connectivity index (χ3v) is 4.10. The Morgan fingerprint density at radius 3 is 2.53 bits per heavy atom. The monoisotopic (exact) mass is 267 g/mol. The number of amides is 2. The summed E-state index contributed by atoms with van der Waals surface area (Å²) in [5, 5.41) is 6.32. The summed E-state index contributed by atoms with van der Waals surface area (Å²) in [4.78, 5) is 25.6. The molecule has 0 aromatic rings. The zero-order valence-corrected chi connectivity index (χ0v) is 11.8. The molecule has 0 aliphatic carbocycles. The molecular formula is C14H25N3O2. The van der Waals surface area contributed by atoms with Gasteiger partial charge in [0.2, 0.25) is 11.8 Å². The van der Waals surface area contributed by atoms with E-state index in [1.54, 1.807) is 0 Å². The number of carbonyl (C=O) groups is 2. The minimum absolute atomic E-state index is 0.0236. The summed E-state index contributed by atoms with van der Waals surface area (Å²) >= 11 is 0. The summed E-state index contributed by atoms with van der Waals surface area (Å²) in [6.45, 7) is 4.36. The van der Waals surface area contributed by atoms with Crippen molar-refractivity contribution in [3.8, 4) is 0 Å². The number of nitrogens with zero attached hydrogens (tertiary/aromatic N) is 1. The van der Waals surface area contributed by atoms with Crippen molar-refractivity contribution in [3.63, 3.8) is 0 Å². The van der Waals surface area contributed by atoms with Gasteiger partial charge in [-0.1, -0.05) is 13.3 Å². The summed E-state index contributed by atoms with van der Waals surface area (Å²) in [5.74, 6) is 0.360. The Morgan fingerprint density at radius 2 is 1.95 bits per heavy atom. The zero-order chi connectivity index (χ0) is 13.7. The summed E-state index contributed by atoms with van der Waals surface area (Å²) in [6, 6.07) is 0.270. The Labute approximate surface area is 115 Å². The Hall–Kier alpha value is -1.10. The van der Waals surface area contributed by atoms with Gasteiger partial charge in [-0.2, -0.15) is 0 Å². The Kier molecular flexibility index (Phi) is 5.19. The van der Waals surface area contributed by atoms with E-state index in [9.17, 15) is 9.59 Å². The maximum atomic E-state index is 12.3. The lowest BCUT2D eigenvalue weighted by atomic mass is 10.0. The number of piperidine rings is 2. The molecule has 2 fully saturated rings. The summed E-state index contributed by atoms with van der Waals surface area (Å²) in [7, 11) is 0. The molecule has 0 aromatic heterocycles. The number of hydrogen-bond donors (Lipinski definition) is 2. The minimum atomic E-state index is 0.0236. The van der Waals surface area contributed by atoms with E-state index >= 15 is 0 Å². The van der Waals surface area contributed by atoms with Crippen LogP contribution in [-0.2, 0) is 9.59 Å². The van der Waals surface area contributed by atoms with Gasteiger partial charge in [-0.05, 0) is 32.2 Å². The van der Waals surface area contributed by atoms with Gasteiger partial charge in [0.05, 0.1) is 6.04 Å². The van der Waals surface area contributed by atoms with Crippen LogP contribution in [0.5, 0.6) is 0 Å². The highest BCUT2D eigenvalue weighted by molar-refractivity contribution is 5.82. The van der Waals surface area contributed by atoms with Crippen LogP contribution in [0.2, 0.25) is 0 Å². The molecule has 0 saturated carbocycles. The van der Waals surface area contributed by atoms with Crippen LogP contribution in [0.4, 0.5) is 0 Å². The number of carbonyl (C=O) groups excluding carboxylic acids is 2. The van der Waals surface area contributed by atoms with E-state index in [-0.39, 0.29) is 23.9 Å². The lowest BCUT2D eigenvalue weighted by molar-refractivity contribution is -0.135. The fourth-order valence-corrected chi connectivity index (χ4v) is 2.86. The standard InChI is InChI=1S/C14H25N3O2/c1-2-13(18)16-11-6-9-17(10-7-11)14(19)12-5-3-4-8-15-12/h11-12,15H,2-10H2,1H3,(H,16,18)/t12-/m0/s1. The SMILES string of the molecule is CCC(=O)NC1CCN(C(=O)[C@@H]2CCCCN2)CC1. The van der Waals surface area contributed by atoms with Crippen LogP contribution in [0.25, 0.3) is 0 Å². The van der Waals surface area contributed by atoms with Crippen molar-refractivity contribution in [3.05, 3.63) is 0 Å². The largest absolute Gasteiger partial charge is 0.353 e. The van der Waals surface area contributed by atoms with E-state index in [2.05, 4.69) is 10.6 Å². The zero-order valence-electron chi connectivity index (χ0n) is 11.8. The highest BCUT2D eigenvalue weighted by Gasteiger charge is 2.29. The highest BCUT2D eigenvalue weighted by atomic mass is 16.2. The lowest BCUT2D eigenvalue weighted by Crippen LogP contribution is -2.53. The third kappa shape index (κ3) is 3.93. The van der Waals surface area contributed by atoms with Crippen molar-refractivity contribution in [2.24, 2.45) is 0 Å². The van der Waals surface area contributed by atoms with Crippen molar-refractivity contribution in [2.45, 2.75) is 57.5 Å². The smallest absolute Gasteiger partial charge is 0.239 e. The molecule has 19 heavy (non-hydrogen) atoms. The second kappa shape index (κ2) is 6.89. The second-order valence-electron chi connectivity index (χ2n) is 5.52. The molecule has 0 unspecified atom stereocenters. The van der Waals surface area contributed by atoms with E-state index in [4.69, 9.17) is 0 Å². The molecule has 2 N–H and O–H groups in total. The maximum Gasteiger partial charge on any atom is 0.239 e. The molecule has 2 saturated heterocycles. The molecule has 2 heterocycles. The number of likely N-dealkylation sites (tertiary alicyclic amines) is 1. The summed E-state index contributed by atoms with van der Waals surface area (Å²) < 4.78 is 0. The van der Waals surface area contributed by atoms with E-state index in [1.165, 1.54) is 6.42 Å². The molecule has 2 rings (SSSR count). The molecule has 5 nitrogen and oxygen atoms in total. The molecule has 0 bridgehead atoms. The first-order valence-corrected chi connectivity index (χ1v) is 7.52. The second-order valence-corrected chi connectivity index (χ2v) is 5.52. The van der Waals surface area contributed by atoms with Gasteiger partial charge in [-0.25, -0.2) is 0 Å². The normalized spacial score (nSPS) is 25.1. The van der Waals surface area contributed by atoms with Crippen LogP contribution in [-0.4, -0.2) is 48.4 Å². The Balaban J connectivity index is 1.76. The fourth-order valence-electron chi connectivity index (χ4n) is 2.86. The lowest BCUT2D eigenvalue weighted by Gasteiger charge is -2.35. The predicted octanol–water partition coefficient (Wildman–Crippen LogP) is 0.646. The van der Waals surface area contributed by atoms with Crippen molar-refractivity contribution in [1.82, 2.24) is 15.5 Å². The summed E-state index contributed by atoms with van der Waals surface area (Å²) in [5.41, 5.74) is 0. The van der Waals surface area contributed by atoms with Gasteiger partial charge in [0.1, 0.15) is 0 Å². The third-order valence-electron chi connectivity index (χ3n) is 4.10. The van der Waals surface area contributed by atoms with Gasteiger partial charge >= 0.3 is 0 Å². The molecule has 0 aromatic carbocycles. The minimum Gasteiger partial charge on any atom is -0.353 e. The topological polar surface area (TPSA) is 61.4 Å². The Bertz CT molecular complexity index is 319. The van der Waals surface area contributed by atoms with Crippen LogP contribution in [0.15, 0.2) is 0 Å². The average molecular weight is 267 g/mol. The Morgan fingerprint density at radius 1 is 1.21 bits per heavy atom. The van der Waals surface area contributed by atoms with Crippen LogP contribution >= 0.6 is 0 Å². The van der Waals surface area contributed by atoms with E-state index in [1.807, 2.05) is 11.8 Å². The van der Waals surface area contributed by atoms with E-state index in [0.29, 0.717) is 6.42 Å². The van der Waals surface area contributed by atoms with Crippen molar-refractivity contribution < 1.29 is 9.59 Å². The number of hydrogen-bond acceptors (Lipinski definition) is 3. The van der Waals surface area contributed by atoms with Crippen LogP contribution in [0.3, 0.4) is 0 Å². The molecular weight excluding hydrogens is 242 g/mol. The number of rotatable bonds is 3. The molecule has 2 aliphatic rings. The highest BCUT2D eigenvalue weighted by Crippen LogP contribution is 2.15. The predicted molar refractivity (Wildman–Crippen MR) is 73.7 cm³/mol. The van der Waals surface area contributed by atoms with E-state index < -0.39 is 0 Å². The van der Waals surface area contributed by atoms with E-state index in [0.717, 1.165) is 45.3 Å². The molecule has 1 atom stereocenters. The van der Waals surface area contributed by atoms with Crippen molar-refractivity contribution in [1.29, 1.82) is 0 Å². The first-order chi connectivity index (χ1) is 9.20. The van der Waals surface area contributed by atoms with Gasteiger partial charge in [-0.15, -0.1) is 0 Å². The van der Waals surface area contributed by atoms with Crippen LogP contribution < -0.4 is 10.6 Å². The van der Waals surface area contributed by atoms with Crippen molar-refractivity contribution in [2.75, 3.05) is 19.6 Å². The van der Waals surface area contributed by atoms with Crippen LogP contribution in [0.1, 0.15) is 45.4 Å². The molecule has 5 heteroatoms. The maximum absolute atomic E-state index is 12.3. The van der Waals surface area contributed by atoms with Crippen LogP contribution in [0, 0.1) is 0 Å². The summed E-state index contributed by atoms with van der Waals surface area (Å²) in [6.07, 6.45) is 5.58. The molecule has 108 valence electrons. The molecule has 0 radical (unpaired) electrons. The molecule has 0 spiro atoms. The van der Waals surface area contributed by atoms with Gasteiger partial charge in [-0.3, -0.25) is 9.59 Å². The molecule has 2 aliphatic heterocycles. The van der Waals surface area contributed by atoms with Gasteiger partial charge in [0.25, 0.3) is 0 Å².